The summed E-state index contributed by atoms with van der Waals surface area (Å²) in [5.74, 6) is -0.681. The van der Waals surface area contributed by atoms with E-state index in [0.29, 0.717) is 11.5 Å². The van der Waals surface area contributed by atoms with Crippen LogP contribution in [0.2, 0.25) is 0 Å². The summed E-state index contributed by atoms with van der Waals surface area (Å²) in [6.45, 7) is 8.01. The van der Waals surface area contributed by atoms with Crippen molar-refractivity contribution in [1.82, 2.24) is 15.5 Å². The number of hydrogen-bond acceptors (Lipinski definition) is 3. The summed E-state index contributed by atoms with van der Waals surface area (Å²) in [7, 11) is 0. The van der Waals surface area contributed by atoms with Crippen LogP contribution >= 0.6 is 0 Å². The molecule has 2 bridgehead atoms. The molecule has 1 heterocycles. The molecule has 4 rings (SSSR count). The van der Waals surface area contributed by atoms with E-state index in [4.69, 9.17) is 0 Å². The first kappa shape index (κ1) is 19.9. The Hall–Kier alpha value is -2.44. The second kappa shape index (κ2) is 6.28. The molecule has 0 spiro atoms. The molecule has 2 saturated carbocycles. The van der Waals surface area contributed by atoms with E-state index in [1.54, 1.807) is 6.92 Å². The second-order valence-corrected chi connectivity index (χ2v) is 9.68. The molecule has 1 aliphatic heterocycles. The minimum Gasteiger partial charge on any atom is -0.351 e. The molecule has 0 radical (unpaired) electrons. The molecule has 3 aliphatic rings. The van der Waals surface area contributed by atoms with Crippen molar-refractivity contribution in [3.8, 4) is 0 Å². The molecule has 1 saturated heterocycles. The Labute approximate surface area is 170 Å². The number of carbonyl (C=O) groups excluding carboxylic acids is 3. The van der Waals surface area contributed by atoms with Gasteiger partial charge in [0.1, 0.15) is 17.9 Å². The highest BCUT2D eigenvalue weighted by molar-refractivity contribution is 6.09. The number of nitrogens with zero attached hydrogens (tertiary/aromatic N) is 1. The number of halogens is 1. The molecule has 29 heavy (non-hydrogen) atoms. The summed E-state index contributed by atoms with van der Waals surface area (Å²) in [4.78, 5) is 39.1. The van der Waals surface area contributed by atoms with Gasteiger partial charge in [-0.2, -0.15) is 0 Å². The number of nitrogens with one attached hydrogen (secondary N) is 2. The first-order chi connectivity index (χ1) is 13.5. The van der Waals surface area contributed by atoms with Crippen molar-refractivity contribution in [2.24, 2.45) is 16.7 Å². The van der Waals surface area contributed by atoms with Gasteiger partial charge in [0.15, 0.2) is 0 Å². The number of rotatable bonds is 4. The molecule has 2 N–H and O–H groups in total. The van der Waals surface area contributed by atoms with Crippen molar-refractivity contribution in [3.63, 3.8) is 0 Å². The maximum atomic E-state index is 13.2. The van der Waals surface area contributed by atoms with E-state index < -0.39 is 23.3 Å². The Morgan fingerprint density at radius 3 is 2.41 bits per heavy atom. The number of fused-ring (bicyclic) bond motifs is 2. The number of amides is 4. The molecule has 3 fully saturated rings. The third-order valence-corrected chi connectivity index (χ3v) is 8.13. The van der Waals surface area contributed by atoms with E-state index in [-0.39, 0.29) is 29.3 Å². The molecule has 4 atom stereocenters. The van der Waals surface area contributed by atoms with Crippen molar-refractivity contribution in [3.05, 3.63) is 35.6 Å². The molecule has 2 aliphatic carbocycles. The number of imide groups is 1. The van der Waals surface area contributed by atoms with Crippen molar-refractivity contribution in [2.75, 3.05) is 6.54 Å². The van der Waals surface area contributed by atoms with Gasteiger partial charge in [-0.15, -0.1) is 0 Å². The van der Waals surface area contributed by atoms with Crippen LogP contribution in [0.5, 0.6) is 0 Å². The van der Waals surface area contributed by atoms with Gasteiger partial charge in [-0.05, 0) is 60.6 Å². The van der Waals surface area contributed by atoms with E-state index in [9.17, 15) is 18.8 Å². The molecule has 0 aromatic heterocycles. The quantitative estimate of drug-likeness (QED) is 0.762. The van der Waals surface area contributed by atoms with Gasteiger partial charge in [-0.3, -0.25) is 14.5 Å². The van der Waals surface area contributed by atoms with Crippen molar-refractivity contribution >= 4 is 17.8 Å². The van der Waals surface area contributed by atoms with Gasteiger partial charge in [0.25, 0.3) is 5.91 Å². The predicted octanol–water partition coefficient (Wildman–Crippen LogP) is 2.92. The Kier molecular flexibility index (Phi) is 4.30. The van der Waals surface area contributed by atoms with Gasteiger partial charge in [0.05, 0.1) is 0 Å². The maximum Gasteiger partial charge on any atom is 0.325 e. The summed E-state index contributed by atoms with van der Waals surface area (Å²) in [5, 5.41) is 5.73. The smallest absolute Gasteiger partial charge is 0.325 e. The zero-order chi connectivity index (χ0) is 21.2. The maximum absolute atomic E-state index is 13.2. The van der Waals surface area contributed by atoms with Crippen LogP contribution in [0.3, 0.4) is 0 Å². The fraction of sp³-hybridized carbons (Fsp3) is 0.591. The Morgan fingerprint density at radius 1 is 1.21 bits per heavy atom. The zero-order valence-corrected chi connectivity index (χ0v) is 17.3. The number of urea groups is 1. The monoisotopic (exact) mass is 401 g/mol. The third-order valence-electron chi connectivity index (χ3n) is 8.13. The fourth-order valence-corrected chi connectivity index (χ4v) is 5.63. The number of benzene rings is 1. The predicted molar refractivity (Wildman–Crippen MR) is 105 cm³/mol. The Bertz CT molecular complexity index is 884. The van der Waals surface area contributed by atoms with E-state index in [1.807, 2.05) is 0 Å². The van der Waals surface area contributed by atoms with Crippen LogP contribution in [0, 0.1) is 22.6 Å². The molecule has 156 valence electrons. The SMILES string of the molecule is CC1(C)[C@@H]2CC[C@]1(C)[C@@H](NC(=O)CN1C(=O)N[C@](C)(c3ccc(F)cc3)C1=O)C2. The highest BCUT2D eigenvalue weighted by atomic mass is 19.1. The molecule has 7 heteroatoms. The summed E-state index contributed by atoms with van der Waals surface area (Å²) in [6, 6.07) is 4.86. The molecular weight excluding hydrogens is 373 g/mol. The molecule has 0 unspecified atom stereocenters. The first-order valence-electron chi connectivity index (χ1n) is 10.2. The van der Waals surface area contributed by atoms with E-state index in [0.717, 1.165) is 17.7 Å². The van der Waals surface area contributed by atoms with Gasteiger partial charge >= 0.3 is 6.03 Å². The normalized spacial score (nSPS) is 35.1. The van der Waals surface area contributed by atoms with Crippen LogP contribution in [0.1, 0.15) is 52.5 Å². The van der Waals surface area contributed by atoms with Gasteiger partial charge < -0.3 is 10.6 Å². The number of hydrogen-bond donors (Lipinski definition) is 2. The summed E-state index contributed by atoms with van der Waals surface area (Å²) < 4.78 is 13.2. The van der Waals surface area contributed by atoms with Crippen LogP contribution in [0.4, 0.5) is 9.18 Å². The lowest BCUT2D eigenvalue weighted by atomic mass is 9.69. The highest BCUT2D eigenvalue weighted by Gasteiger charge is 2.61. The van der Waals surface area contributed by atoms with Gasteiger partial charge in [-0.25, -0.2) is 9.18 Å². The van der Waals surface area contributed by atoms with Gasteiger partial charge in [-0.1, -0.05) is 32.9 Å². The second-order valence-electron chi connectivity index (χ2n) is 9.68. The number of carbonyl (C=O) groups is 3. The van der Waals surface area contributed by atoms with Crippen LogP contribution in [0.25, 0.3) is 0 Å². The lowest BCUT2D eigenvalue weighted by Gasteiger charge is -2.39. The molecule has 4 amide bonds. The molecule has 6 nitrogen and oxygen atoms in total. The molecular formula is C22H28FN3O3. The van der Waals surface area contributed by atoms with Crippen molar-refractivity contribution < 1.29 is 18.8 Å². The topological polar surface area (TPSA) is 78.5 Å². The lowest BCUT2D eigenvalue weighted by Crippen LogP contribution is -2.50. The Balaban J connectivity index is 1.46. The van der Waals surface area contributed by atoms with Crippen LogP contribution in [-0.2, 0) is 15.1 Å². The molecule has 1 aromatic rings. The minimum atomic E-state index is -1.31. The van der Waals surface area contributed by atoms with Gasteiger partial charge in [0.2, 0.25) is 5.91 Å². The van der Waals surface area contributed by atoms with Crippen LogP contribution in [-0.4, -0.2) is 35.3 Å². The van der Waals surface area contributed by atoms with E-state index >= 15 is 0 Å². The standard InChI is InChI=1S/C22H28FN3O3/c1-20(2)14-9-10-21(20,3)16(11-14)24-17(27)12-26-18(28)22(4,25-19(26)29)13-5-7-15(23)8-6-13/h5-8,14,16H,9-12H2,1-4H3,(H,24,27)(H,25,29)/t14-,16+,21-,22-/m1/s1. The van der Waals surface area contributed by atoms with Crippen LogP contribution in [0.15, 0.2) is 24.3 Å². The van der Waals surface area contributed by atoms with E-state index in [1.165, 1.54) is 30.7 Å². The summed E-state index contributed by atoms with van der Waals surface area (Å²) >= 11 is 0. The van der Waals surface area contributed by atoms with E-state index in [2.05, 4.69) is 31.4 Å². The first-order valence-corrected chi connectivity index (χ1v) is 10.2. The lowest BCUT2D eigenvalue weighted by molar-refractivity contribution is -0.135. The average Bonchev–Trinajstić information content (AvgIpc) is 3.09. The Morgan fingerprint density at radius 2 is 1.86 bits per heavy atom. The fourth-order valence-electron chi connectivity index (χ4n) is 5.63. The zero-order valence-electron chi connectivity index (χ0n) is 17.3. The summed E-state index contributed by atoms with van der Waals surface area (Å²) in [6.07, 6.45) is 3.18. The average molecular weight is 401 g/mol. The summed E-state index contributed by atoms with van der Waals surface area (Å²) in [5.41, 5.74) is -0.659. The molecule has 1 aromatic carbocycles. The minimum absolute atomic E-state index is 0.0211. The van der Waals surface area contributed by atoms with Crippen molar-refractivity contribution in [2.45, 2.75) is 58.5 Å². The third kappa shape index (κ3) is 2.77. The van der Waals surface area contributed by atoms with Gasteiger partial charge in [0, 0.05) is 6.04 Å². The highest BCUT2D eigenvalue weighted by Crippen LogP contribution is 2.65. The largest absolute Gasteiger partial charge is 0.351 e. The van der Waals surface area contributed by atoms with Crippen LogP contribution < -0.4 is 10.6 Å². The van der Waals surface area contributed by atoms with Crippen molar-refractivity contribution in [1.29, 1.82) is 0 Å².